The number of nitrogens with one attached hydrogen (secondary N) is 2. The van der Waals surface area contributed by atoms with Gasteiger partial charge in [-0.3, -0.25) is 9.52 Å². The Morgan fingerprint density at radius 2 is 1.70 bits per heavy atom. The van der Waals surface area contributed by atoms with Crippen LogP contribution in [0, 0.1) is 5.92 Å². The maximum atomic E-state index is 11.8. The van der Waals surface area contributed by atoms with Crippen LogP contribution < -0.4 is 15.8 Å². The first-order valence-electron chi connectivity index (χ1n) is 6.31. The molecule has 0 unspecified atom stereocenters. The minimum absolute atomic E-state index is 0.248. The molecule has 1 atom stereocenters. The molecule has 0 aliphatic rings. The van der Waals surface area contributed by atoms with Gasteiger partial charge in [-0.25, -0.2) is 8.42 Å². The van der Waals surface area contributed by atoms with Gasteiger partial charge in [-0.15, -0.1) is 0 Å². The molecule has 0 radical (unpaired) electrons. The number of carbonyl (C=O) groups is 1. The van der Waals surface area contributed by atoms with Crippen molar-refractivity contribution in [2.45, 2.75) is 26.3 Å². The molecule has 0 bridgehead atoms. The number of hydrogen-bond acceptors (Lipinski definition) is 4. The van der Waals surface area contributed by atoms with Crippen molar-refractivity contribution in [3.63, 3.8) is 0 Å². The maximum Gasteiger partial charge on any atom is 0.241 e. The molecule has 0 aliphatic heterocycles. The zero-order chi connectivity index (χ0) is 15.3. The first kappa shape index (κ1) is 16.5. The molecule has 7 heteroatoms. The van der Waals surface area contributed by atoms with Gasteiger partial charge in [-0.1, -0.05) is 13.8 Å². The van der Waals surface area contributed by atoms with Crippen LogP contribution in [0.15, 0.2) is 24.3 Å². The van der Waals surface area contributed by atoms with E-state index in [-0.39, 0.29) is 5.91 Å². The van der Waals surface area contributed by atoms with Gasteiger partial charge in [0, 0.05) is 11.4 Å². The van der Waals surface area contributed by atoms with Gasteiger partial charge in [0.15, 0.2) is 0 Å². The number of sulfonamides is 1. The topological polar surface area (TPSA) is 101 Å². The van der Waals surface area contributed by atoms with Gasteiger partial charge in [-0.2, -0.15) is 0 Å². The minimum Gasteiger partial charge on any atom is -0.325 e. The van der Waals surface area contributed by atoms with E-state index in [2.05, 4.69) is 10.0 Å². The van der Waals surface area contributed by atoms with E-state index in [9.17, 15) is 13.2 Å². The van der Waals surface area contributed by atoms with Gasteiger partial charge in [0.2, 0.25) is 15.9 Å². The van der Waals surface area contributed by atoms with Crippen LogP contribution in [0.5, 0.6) is 0 Å². The van der Waals surface area contributed by atoms with Crippen molar-refractivity contribution in [3.05, 3.63) is 24.3 Å². The van der Waals surface area contributed by atoms with Crippen LogP contribution in [-0.4, -0.2) is 26.6 Å². The summed E-state index contributed by atoms with van der Waals surface area (Å²) in [6, 6.07) is 5.83. The Morgan fingerprint density at radius 3 is 2.15 bits per heavy atom. The Bertz CT molecular complexity index is 553. The second-order valence-corrected chi connectivity index (χ2v) is 6.93. The normalized spacial score (nSPS) is 13.1. The summed E-state index contributed by atoms with van der Waals surface area (Å²) in [6.45, 7) is 4.00. The fourth-order valence-corrected chi connectivity index (χ4v) is 2.25. The average Bonchev–Trinajstić information content (AvgIpc) is 2.28. The number of nitrogens with two attached hydrogens (primary N) is 1. The highest BCUT2D eigenvalue weighted by Gasteiger charge is 2.14. The van der Waals surface area contributed by atoms with Gasteiger partial charge in [0.25, 0.3) is 0 Å². The Labute approximate surface area is 119 Å². The number of anilines is 2. The molecule has 0 fully saturated rings. The highest BCUT2D eigenvalue weighted by molar-refractivity contribution is 7.92. The quantitative estimate of drug-likeness (QED) is 0.738. The van der Waals surface area contributed by atoms with Crippen LogP contribution in [0.25, 0.3) is 0 Å². The summed E-state index contributed by atoms with van der Waals surface area (Å²) in [7, 11) is -3.30. The molecule has 0 spiro atoms. The lowest BCUT2D eigenvalue weighted by atomic mass is 10.0. The highest BCUT2D eigenvalue weighted by atomic mass is 32.2. The highest BCUT2D eigenvalue weighted by Crippen LogP contribution is 2.15. The second-order valence-electron chi connectivity index (χ2n) is 5.18. The Hall–Kier alpha value is -1.60. The van der Waals surface area contributed by atoms with Crippen LogP contribution in [0.2, 0.25) is 0 Å². The minimum atomic E-state index is -3.30. The van der Waals surface area contributed by atoms with Crippen LogP contribution in [0.4, 0.5) is 11.4 Å². The first-order chi connectivity index (χ1) is 9.17. The van der Waals surface area contributed by atoms with Crippen LogP contribution in [0.3, 0.4) is 0 Å². The molecule has 4 N–H and O–H groups in total. The lowest BCUT2D eigenvalue weighted by Gasteiger charge is -2.14. The zero-order valence-electron chi connectivity index (χ0n) is 11.9. The molecule has 1 amide bonds. The summed E-state index contributed by atoms with van der Waals surface area (Å²) in [5, 5.41) is 2.70. The average molecular weight is 299 g/mol. The molecule has 1 rings (SSSR count). The standard InChI is InChI=1S/C13H21N3O3S/c1-9(2)8-12(14)13(17)15-10-4-6-11(7-5-10)16-20(3,18)19/h4-7,9,12,16H,8,14H2,1-3H3,(H,15,17)/t12-/m1/s1. The number of hydrogen-bond donors (Lipinski definition) is 3. The second kappa shape index (κ2) is 6.71. The summed E-state index contributed by atoms with van der Waals surface area (Å²) < 4.78 is 24.5. The fourth-order valence-electron chi connectivity index (χ4n) is 1.69. The summed E-state index contributed by atoms with van der Waals surface area (Å²) in [4.78, 5) is 11.8. The molecule has 6 nitrogen and oxygen atoms in total. The maximum absolute atomic E-state index is 11.8. The number of rotatable bonds is 6. The van der Waals surface area contributed by atoms with Gasteiger partial charge >= 0.3 is 0 Å². The van der Waals surface area contributed by atoms with E-state index in [0.29, 0.717) is 23.7 Å². The summed E-state index contributed by atoms with van der Waals surface area (Å²) in [5.74, 6) is 0.0969. The van der Waals surface area contributed by atoms with Crippen molar-refractivity contribution in [1.82, 2.24) is 0 Å². The van der Waals surface area contributed by atoms with E-state index in [4.69, 9.17) is 5.73 Å². The van der Waals surface area contributed by atoms with Crippen molar-refractivity contribution >= 4 is 27.3 Å². The van der Waals surface area contributed by atoms with E-state index in [1.807, 2.05) is 13.8 Å². The Kier molecular flexibility index (Phi) is 5.52. The van der Waals surface area contributed by atoms with E-state index < -0.39 is 16.1 Å². The number of benzene rings is 1. The monoisotopic (exact) mass is 299 g/mol. The Balaban J connectivity index is 2.63. The van der Waals surface area contributed by atoms with E-state index in [0.717, 1.165) is 6.26 Å². The molecule has 0 aromatic heterocycles. The van der Waals surface area contributed by atoms with Crippen LogP contribution in [0.1, 0.15) is 20.3 Å². The smallest absolute Gasteiger partial charge is 0.241 e. The number of amides is 1. The lowest BCUT2D eigenvalue weighted by Crippen LogP contribution is -2.36. The third-order valence-corrected chi connectivity index (χ3v) is 3.12. The summed E-state index contributed by atoms with van der Waals surface area (Å²) in [6.07, 6.45) is 1.69. The van der Waals surface area contributed by atoms with Gasteiger partial charge in [-0.05, 0) is 36.6 Å². The molecule has 112 valence electrons. The van der Waals surface area contributed by atoms with E-state index in [1.54, 1.807) is 24.3 Å². The predicted octanol–water partition coefficient (Wildman–Crippen LogP) is 1.37. The molecule has 1 aromatic carbocycles. The fraction of sp³-hybridized carbons (Fsp3) is 0.462. The van der Waals surface area contributed by atoms with Gasteiger partial charge < -0.3 is 11.1 Å². The zero-order valence-corrected chi connectivity index (χ0v) is 12.7. The third kappa shape index (κ3) is 6.03. The molecule has 0 heterocycles. The molecular formula is C13H21N3O3S. The van der Waals surface area contributed by atoms with Crippen LogP contribution in [-0.2, 0) is 14.8 Å². The van der Waals surface area contributed by atoms with Crippen molar-refractivity contribution in [2.75, 3.05) is 16.3 Å². The van der Waals surface area contributed by atoms with Crippen molar-refractivity contribution < 1.29 is 13.2 Å². The predicted molar refractivity (Wildman–Crippen MR) is 81.0 cm³/mol. The third-order valence-electron chi connectivity index (χ3n) is 2.52. The molecule has 1 aromatic rings. The van der Waals surface area contributed by atoms with Crippen LogP contribution >= 0.6 is 0 Å². The summed E-state index contributed by atoms with van der Waals surface area (Å²) >= 11 is 0. The molecule has 0 aliphatic carbocycles. The SMILES string of the molecule is CC(C)C[C@@H](N)C(=O)Nc1ccc(NS(C)(=O)=O)cc1. The Morgan fingerprint density at radius 1 is 1.20 bits per heavy atom. The van der Waals surface area contributed by atoms with E-state index >= 15 is 0 Å². The largest absolute Gasteiger partial charge is 0.325 e. The lowest BCUT2D eigenvalue weighted by molar-refractivity contribution is -0.117. The molecular weight excluding hydrogens is 278 g/mol. The molecule has 0 saturated carbocycles. The molecule has 20 heavy (non-hydrogen) atoms. The van der Waals surface area contributed by atoms with Crippen molar-refractivity contribution in [2.24, 2.45) is 11.7 Å². The molecule has 0 saturated heterocycles. The first-order valence-corrected chi connectivity index (χ1v) is 8.21. The van der Waals surface area contributed by atoms with Gasteiger partial charge in [0.05, 0.1) is 12.3 Å². The van der Waals surface area contributed by atoms with Crippen molar-refractivity contribution in [1.29, 1.82) is 0 Å². The van der Waals surface area contributed by atoms with Gasteiger partial charge in [0.1, 0.15) is 0 Å². The van der Waals surface area contributed by atoms with E-state index in [1.165, 1.54) is 0 Å². The van der Waals surface area contributed by atoms with Crippen molar-refractivity contribution in [3.8, 4) is 0 Å². The number of carbonyl (C=O) groups excluding carboxylic acids is 1. The summed E-state index contributed by atoms with van der Waals surface area (Å²) in [5.41, 5.74) is 6.79.